The number of nitrogens with zero attached hydrogens (tertiary/aromatic N) is 4. The lowest BCUT2D eigenvalue weighted by Gasteiger charge is -2.50. The zero-order chi connectivity index (χ0) is 40.7. The van der Waals surface area contributed by atoms with Gasteiger partial charge in [0.05, 0.1) is 51.5 Å². The number of anilines is 2. The van der Waals surface area contributed by atoms with Gasteiger partial charge in [-0.1, -0.05) is 65.2 Å². The number of nitro groups is 1. The van der Waals surface area contributed by atoms with Crippen LogP contribution in [0.3, 0.4) is 0 Å². The van der Waals surface area contributed by atoms with Gasteiger partial charge in [-0.2, -0.15) is 18.2 Å². The summed E-state index contributed by atoms with van der Waals surface area (Å²) in [5.41, 5.74) is 0.0159. The van der Waals surface area contributed by atoms with Crippen LogP contribution >= 0.6 is 23.2 Å². The molecular weight excluding hydrogens is 794 g/mol. The number of phenols is 1. The maximum absolute atomic E-state index is 15.3. The Bertz CT molecular complexity index is 2450. The van der Waals surface area contributed by atoms with Crippen molar-refractivity contribution in [2.45, 2.75) is 30.4 Å². The van der Waals surface area contributed by atoms with Gasteiger partial charge in [-0.3, -0.25) is 34.7 Å². The Labute approximate surface area is 330 Å². The number of carbonyl (C=O) groups is 4. The van der Waals surface area contributed by atoms with Crippen molar-refractivity contribution in [3.05, 3.63) is 127 Å². The third-order valence-corrected chi connectivity index (χ3v) is 12.0. The molecule has 3 aromatic carbocycles. The normalized spacial score (nSPS) is 25.5. The van der Waals surface area contributed by atoms with Crippen LogP contribution in [0.4, 0.5) is 30.4 Å². The average Bonchev–Trinajstić information content (AvgIpc) is 3.56. The van der Waals surface area contributed by atoms with E-state index in [2.05, 4.69) is 10.4 Å². The maximum Gasteiger partial charge on any atom is 0.417 e. The van der Waals surface area contributed by atoms with Crippen LogP contribution in [0, 0.1) is 33.8 Å². The molecular formula is C39H28Cl2F3N5O8. The third kappa shape index (κ3) is 5.71. The number of non-ortho nitro benzene ring substituents is 1. The Kier molecular flexibility index (Phi) is 9.03. The highest BCUT2D eigenvalue weighted by Gasteiger charge is 2.71. The Morgan fingerprint density at radius 1 is 0.982 bits per heavy atom. The number of ether oxygens (including phenoxy) is 1. The van der Waals surface area contributed by atoms with Crippen molar-refractivity contribution in [2.75, 3.05) is 17.4 Å². The number of phenolic OH excluding ortho intramolecular Hbond substituents is 1. The van der Waals surface area contributed by atoms with Crippen molar-refractivity contribution in [1.82, 2.24) is 9.99 Å². The summed E-state index contributed by atoms with van der Waals surface area (Å²) in [5, 5.41) is 23.8. The number of alkyl halides is 3. The molecule has 0 bridgehead atoms. The number of carbonyl (C=O) groups excluding carboxylic acids is 4. The standard InChI is InChI=1S/C39H28Cl2F3N5O8/c1-57-29-7-3-6-25(32(29)50)31-23-12-13-24-30(36(53)47(34(24)51)21-4-2-5-22(15-21)49(55)56)26(23)16-27-35(52)48(37(54)38(27,31)18-8-10-20(40)11-9-18)46-33-28(41)14-19(17-45-33)39(42,43)44/h2-12,14-15,17,24,26-27,30-31,50H,13,16H2,1H3,(H,45,46)/t24-,26+,27-,30-,31+,38+/m0/s1. The van der Waals surface area contributed by atoms with Gasteiger partial charge in [-0.15, -0.1) is 0 Å². The van der Waals surface area contributed by atoms with Crippen molar-refractivity contribution in [1.29, 1.82) is 0 Å². The van der Waals surface area contributed by atoms with Gasteiger partial charge in [0.1, 0.15) is 0 Å². The zero-order valence-corrected chi connectivity index (χ0v) is 30.9. The largest absolute Gasteiger partial charge is 0.504 e. The van der Waals surface area contributed by atoms with Crippen LogP contribution in [0.2, 0.25) is 10.0 Å². The first-order chi connectivity index (χ1) is 27.1. The van der Waals surface area contributed by atoms with Gasteiger partial charge in [-0.05, 0) is 54.7 Å². The Morgan fingerprint density at radius 3 is 2.37 bits per heavy atom. The number of fused-ring (bicyclic) bond motifs is 4. The minimum absolute atomic E-state index is 0.00424. The molecule has 13 nitrogen and oxygen atoms in total. The number of halogens is 5. The fourth-order valence-electron chi connectivity index (χ4n) is 9.06. The van der Waals surface area contributed by atoms with Crippen molar-refractivity contribution >= 4 is 64.0 Å². The number of para-hydroxylation sites is 1. The second kappa shape index (κ2) is 13.6. The number of methoxy groups -OCH3 is 1. The summed E-state index contributed by atoms with van der Waals surface area (Å²) in [6, 6.07) is 16.4. The van der Waals surface area contributed by atoms with Crippen LogP contribution in [-0.4, -0.2) is 50.8 Å². The molecule has 292 valence electrons. The quantitative estimate of drug-likeness (QED) is 0.0839. The number of hydrogen-bond donors (Lipinski definition) is 2. The molecule has 8 rings (SSSR count). The average molecular weight is 823 g/mol. The highest BCUT2D eigenvalue weighted by Crippen LogP contribution is 2.65. The van der Waals surface area contributed by atoms with E-state index in [4.69, 9.17) is 27.9 Å². The summed E-state index contributed by atoms with van der Waals surface area (Å²) in [5.74, 6) is -9.24. The number of nitro benzene ring substituents is 1. The zero-order valence-electron chi connectivity index (χ0n) is 29.4. The molecule has 1 aromatic heterocycles. The number of nitrogens with one attached hydrogen (secondary N) is 1. The molecule has 1 saturated carbocycles. The molecule has 3 fully saturated rings. The van der Waals surface area contributed by atoms with E-state index in [-0.39, 0.29) is 46.8 Å². The molecule has 2 aliphatic heterocycles. The molecule has 57 heavy (non-hydrogen) atoms. The number of amides is 4. The summed E-state index contributed by atoms with van der Waals surface area (Å²) in [6.07, 6.45) is -2.75. The number of imide groups is 2. The van der Waals surface area contributed by atoms with Gasteiger partial charge in [0.2, 0.25) is 11.8 Å². The summed E-state index contributed by atoms with van der Waals surface area (Å²) < 4.78 is 45.9. The topological polar surface area (TPSA) is 172 Å². The third-order valence-electron chi connectivity index (χ3n) is 11.4. The van der Waals surface area contributed by atoms with E-state index in [1.807, 2.05) is 0 Å². The number of rotatable bonds is 7. The second-order valence-electron chi connectivity index (χ2n) is 14.1. The molecule has 0 radical (unpaired) electrons. The number of pyridine rings is 1. The smallest absolute Gasteiger partial charge is 0.417 e. The highest BCUT2D eigenvalue weighted by atomic mass is 35.5. The monoisotopic (exact) mass is 821 g/mol. The minimum Gasteiger partial charge on any atom is -0.504 e. The van der Waals surface area contributed by atoms with Crippen molar-refractivity contribution in [3.8, 4) is 11.5 Å². The van der Waals surface area contributed by atoms with Crippen LogP contribution < -0.4 is 15.1 Å². The molecule has 2 aliphatic carbocycles. The molecule has 2 N–H and O–H groups in total. The molecule has 3 heterocycles. The van der Waals surface area contributed by atoms with Gasteiger partial charge in [0.15, 0.2) is 17.3 Å². The Hall–Kier alpha value is -6.00. The molecule has 0 spiro atoms. The van der Waals surface area contributed by atoms with E-state index >= 15 is 4.79 Å². The van der Waals surface area contributed by atoms with Gasteiger partial charge in [-0.25, -0.2) is 9.88 Å². The minimum atomic E-state index is -4.79. The van der Waals surface area contributed by atoms with E-state index in [1.165, 1.54) is 43.5 Å². The molecule has 6 atom stereocenters. The Balaban J connectivity index is 1.32. The van der Waals surface area contributed by atoms with E-state index in [9.17, 15) is 42.8 Å². The summed E-state index contributed by atoms with van der Waals surface area (Å²) in [6.45, 7) is 0. The van der Waals surface area contributed by atoms with Gasteiger partial charge >= 0.3 is 6.18 Å². The Morgan fingerprint density at radius 2 is 1.70 bits per heavy atom. The molecule has 4 aliphatic rings. The van der Waals surface area contributed by atoms with Gasteiger partial charge < -0.3 is 9.84 Å². The first-order valence-corrected chi connectivity index (χ1v) is 18.2. The van der Waals surface area contributed by atoms with E-state index in [0.717, 1.165) is 11.0 Å². The number of benzene rings is 3. The van der Waals surface area contributed by atoms with Crippen LogP contribution in [0.15, 0.2) is 90.6 Å². The summed E-state index contributed by atoms with van der Waals surface area (Å²) in [4.78, 5) is 74.4. The second-order valence-corrected chi connectivity index (χ2v) is 14.9. The van der Waals surface area contributed by atoms with Crippen molar-refractivity contribution in [3.63, 3.8) is 0 Å². The number of aromatic hydroxyl groups is 1. The van der Waals surface area contributed by atoms with Crippen LogP contribution in [0.25, 0.3) is 0 Å². The van der Waals surface area contributed by atoms with E-state index in [0.29, 0.717) is 27.9 Å². The molecule has 4 amide bonds. The van der Waals surface area contributed by atoms with Crippen LogP contribution in [0.1, 0.15) is 35.4 Å². The predicted molar refractivity (Wildman–Crippen MR) is 197 cm³/mol. The lowest BCUT2D eigenvalue weighted by molar-refractivity contribution is -0.384. The summed E-state index contributed by atoms with van der Waals surface area (Å²) >= 11 is 12.5. The molecule has 0 unspecified atom stereocenters. The fourth-order valence-corrected chi connectivity index (χ4v) is 9.40. The summed E-state index contributed by atoms with van der Waals surface area (Å²) in [7, 11) is 1.33. The van der Waals surface area contributed by atoms with Gasteiger partial charge in [0.25, 0.3) is 17.5 Å². The molecule has 18 heteroatoms. The van der Waals surface area contributed by atoms with E-state index in [1.54, 1.807) is 30.3 Å². The number of allylic oxidation sites excluding steroid dienone is 2. The highest BCUT2D eigenvalue weighted by molar-refractivity contribution is 6.33. The van der Waals surface area contributed by atoms with E-state index < -0.39 is 86.1 Å². The number of hydrazine groups is 1. The maximum atomic E-state index is 15.3. The SMILES string of the molecule is COc1cccc([C@H]2C3=CC[C@@H]4C(=O)N(c5cccc([N+](=O)[O-])c5)C(=O)[C@@H]4[C@@H]3C[C@H]3C(=O)N(Nc4ncc(C(F)(F)F)cc4Cl)C(=O)[C@@]23c2ccc(Cl)cc2)c1O. The fraction of sp³-hybridized carbons (Fsp3) is 0.256. The van der Waals surface area contributed by atoms with Crippen molar-refractivity contribution in [2.24, 2.45) is 23.7 Å². The number of aromatic nitrogens is 1. The lowest BCUT2D eigenvalue weighted by Crippen LogP contribution is -2.53. The lowest BCUT2D eigenvalue weighted by atomic mass is 9.49. The van der Waals surface area contributed by atoms with Crippen LogP contribution in [0.5, 0.6) is 11.5 Å². The predicted octanol–water partition coefficient (Wildman–Crippen LogP) is 7.22. The van der Waals surface area contributed by atoms with Gasteiger partial charge in [0, 0.05) is 34.8 Å². The molecule has 2 saturated heterocycles. The first-order valence-electron chi connectivity index (χ1n) is 17.4. The number of hydrogen-bond acceptors (Lipinski definition) is 10. The molecule has 4 aromatic rings. The van der Waals surface area contributed by atoms with Crippen LogP contribution in [-0.2, 0) is 30.8 Å². The van der Waals surface area contributed by atoms with Crippen molar-refractivity contribution < 1.29 is 47.1 Å². The first kappa shape index (κ1) is 37.9.